The lowest BCUT2D eigenvalue weighted by molar-refractivity contribution is -0.126. The zero-order valence-corrected chi connectivity index (χ0v) is 14.0. The largest absolute Gasteiger partial charge is 0.490 e. The highest BCUT2D eigenvalue weighted by Gasteiger charge is 2.27. The SMILES string of the molecule is C=CCOc1ccc(C2=CCC(I)C(=O)N2C)c(Cl)c1. The first-order valence-corrected chi connectivity index (χ1v) is 7.82. The molecule has 0 saturated carbocycles. The van der Waals surface area contributed by atoms with Crippen molar-refractivity contribution in [3.05, 3.63) is 47.5 Å². The minimum absolute atomic E-state index is 0.00433. The molecule has 2 rings (SSSR count). The van der Waals surface area contributed by atoms with E-state index in [2.05, 4.69) is 29.2 Å². The first-order valence-electron chi connectivity index (χ1n) is 6.20. The molecule has 106 valence electrons. The van der Waals surface area contributed by atoms with Crippen molar-refractivity contribution >= 4 is 45.8 Å². The van der Waals surface area contributed by atoms with Crippen LogP contribution in [0.15, 0.2) is 36.9 Å². The van der Waals surface area contributed by atoms with Crippen molar-refractivity contribution < 1.29 is 9.53 Å². The number of ether oxygens (including phenoxy) is 1. The number of nitrogens with zero attached hydrogens (tertiary/aromatic N) is 1. The van der Waals surface area contributed by atoms with Crippen molar-refractivity contribution in [2.75, 3.05) is 13.7 Å². The van der Waals surface area contributed by atoms with Crippen molar-refractivity contribution in [3.63, 3.8) is 0 Å². The summed E-state index contributed by atoms with van der Waals surface area (Å²) in [6.07, 6.45) is 4.45. The quantitative estimate of drug-likeness (QED) is 0.433. The van der Waals surface area contributed by atoms with E-state index in [1.165, 1.54) is 0 Å². The third kappa shape index (κ3) is 3.17. The maximum Gasteiger partial charge on any atom is 0.240 e. The van der Waals surface area contributed by atoms with E-state index in [-0.39, 0.29) is 9.83 Å². The molecule has 5 heteroatoms. The Labute approximate surface area is 137 Å². The number of alkyl halides is 1. The molecule has 0 radical (unpaired) electrons. The van der Waals surface area contributed by atoms with Crippen LogP contribution in [0.3, 0.4) is 0 Å². The fourth-order valence-electron chi connectivity index (χ4n) is 2.02. The van der Waals surface area contributed by atoms with Crippen LogP contribution in [-0.4, -0.2) is 28.4 Å². The van der Waals surface area contributed by atoms with Gasteiger partial charge in [-0.3, -0.25) is 4.79 Å². The van der Waals surface area contributed by atoms with Crippen LogP contribution in [0.4, 0.5) is 0 Å². The first kappa shape index (κ1) is 15.4. The fourth-order valence-corrected chi connectivity index (χ4v) is 2.96. The summed E-state index contributed by atoms with van der Waals surface area (Å²) >= 11 is 8.46. The average molecular weight is 404 g/mol. The molecule has 0 N–H and O–H groups in total. The Balaban J connectivity index is 2.29. The maximum atomic E-state index is 12.0. The minimum Gasteiger partial charge on any atom is -0.490 e. The van der Waals surface area contributed by atoms with E-state index < -0.39 is 0 Å². The molecule has 0 aromatic heterocycles. The van der Waals surface area contributed by atoms with Crippen LogP contribution < -0.4 is 4.74 Å². The lowest BCUT2D eigenvalue weighted by Crippen LogP contribution is -2.35. The Morgan fingerprint density at radius 1 is 1.60 bits per heavy atom. The zero-order chi connectivity index (χ0) is 14.7. The predicted octanol–water partition coefficient (Wildman–Crippen LogP) is 3.91. The zero-order valence-electron chi connectivity index (χ0n) is 11.1. The Morgan fingerprint density at radius 3 is 3.00 bits per heavy atom. The molecule has 0 spiro atoms. The minimum atomic E-state index is -0.00433. The highest BCUT2D eigenvalue weighted by atomic mass is 127. The lowest BCUT2D eigenvalue weighted by Gasteiger charge is -2.28. The van der Waals surface area contributed by atoms with Crippen LogP contribution in [0.25, 0.3) is 5.70 Å². The summed E-state index contributed by atoms with van der Waals surface area (Å²) in [6.45, 7) is 4.04. The summed E-state index contributed by atoms with van der Waals surface area (Å²) in [5, 5.41) is 0.573. The smallest absolute Gasteiger partial charge is 0.240 e. The molecule has 1 aromatic rings. The van der Waals surface area contributed by atoms with E-state index in [4.69, 9.17) is 16.3 Å². The van der Waals surface area contributed by atoms with Crippen molar-refractivity contribution in [1.29, 1.82) is 0 Å². The molecule has 0 bridgehead atoms. The highest BCUT2D eigenvalue weighted by Crippen LogP contribution is 2.33. The number of halogens is 2. The van der Waals surface area contributed by atoms with E-state index in [0.29, 0.717) is 17.4 Å². The molecule has 20 heavy (non-hydrogen) atoms. The number of carbonyl (C=O) groups excluding carboxylic acids is 1. The summed E-state index contributed by atoms with van der Waals surface area (Å²) in [7, 11) is 1.78. The van der Waals surface area contributed by atoms with Crippen LogP contribution in [0, 0.1) is 0 Å². The molecule has 3 nitrogen and oxygen atoms in total. The summed E-state index contributed by atoms with van der Waals surface area (Å²) in [5.41, 5.74) is 1.69. The van der Waals surface area contributed by atoms with Crippen LogP contribution in [0.1, 0.15) is 12.0 Å². The maximum absolute atomic E-state index is 12.0. The normalized spacial score (nSPS) is 18.8. The Hall–Kier alpha value is -1.01. The number of hydrogen-bond donors (Lipinski definition) is 0. The van der Waals surface area contributed by atoms with Crippen LogP contribution >= 0.6 is 34.2 Å². The van der Waals surface area contributed by atoms with Gasteiger partial charge in [0, 0.05) is 18.3 Å². The standard InChI is InChI=1S/C15H15ClINO2/c1-3-8-20-10-4-5-11(12(16)9-10)14-7-6-13(17)15(19)18(14)2/h3-5,7,9,13H,1,6,8H2,2H3. The number of amides is 1. The third-order valence-corrected chi connectivity index (χ3v) is 4.42. The predicted molar refractivity (Wildman–Crippen MR) is 90.3 cm³/mol. The summed E-state index contributed by atoms with van der Waals surface area (Å²) in [5.74, 6) is 0.793. The van der Waals surface area contributed by atoms with Gasteiger partial charge in [-0.05, 0) is 24.6 Å². The fraction of sp³-hybridized carbons (Fsp3) is 0.267. The molecule has 1 aromatic carbocycles. The Bertz CT molecular complexity index is 571. The van der Waals surface area contributed by atoms with Gasteiger partial charge in [-0.15, -0.1) is 0 Å². The van der Waals surface area contributed by atoms with E-state index in [9.17, 15) is 4.79 Å². The number of carbonyl (C=O) groups is 1. The van der Waals surface area contributed by atoms with Gasteiger partial charge in [0.15, 0.2) is 0 Å². The molecule has 1 atom stereocenters. The van der Waals surface area contributed by atoms with E-state index in [0.717, 1.165) is 17.7 Å². The lowest BCUT2D eigenvalue weighted by atomic mass is 10.0. The van der Waals surface area contributed by atoms with E-state index >= 15 is 0 Å². The van der Waals surface area contributed by atoms with Crippen molar-refractivity contribution in [1.82, 2.24) is 4.90 Å². The summed E-state index contributed by atoms with van der Waals surface area (Å²) in [6, 6.07) is 5.49. The second-order valence-electron chi connectivity index (χ2n) is 4.43. The number of allylic oxidation sites excluding steroid dienone is 1. The van der Waals surface area contributed by atoms with Gasteiger partial charge in [0.1, 0.15) is 12.4 Å². The van der Waals surface area contributed by atoms with Gasteiger partial charge in [-0.25, -0.2) is 0 Å². The number of rotatable bonds is 4. The van der Waals surface area contributed by atoms with Crippen molar-refractivity contribution in [2.45, 2.75) is 10.3 Å². The molecular weight excluding hydrogens is 389 g/mol. The average Bonchev–Trinajstić information content (AvgIpc) is 2.44. The van der Waals surface area contributed by atoms with Gasteiger partial charge in [0.2, 0.25) is 5.91 Å². The molecule has 1 amide bonds. The van der Waals surface area contributed by atoms with Crippen molar-refractivity contribution in [3.8, 4) is 5.75 Å². The molecule has 0 fully saturated rings. The van der Waals surface area contributed by atoms with Crippen LogP contribution in [0.2, 0.25) is 5.02 Å². The second-order valence-corrected chi connectivity index (χ2v) is 6.34. The number of hydrogen-bond acceptors (Lipinski definition) is 2. The third-order valence-electron chi connectivity index (χ3n) is 3.06. The van der Waals surface area contributed by atoms with E-state index in [1.807, 2.05) is 18.2 Å². The molecular formula is C15H15ClINO2. The topological polar surface area (TPSA) is 29.5 Å². The van der Waals surface area contributed by atoms with Crippen LogP contribution in [0.5, 0.6) is 5.75 Å². The summed E-state index contributed by atoms with van der Waals surface area (Å²) < 4.78 is 5.44. The molecule has 1 heterocycles. The molecule has 1 unspecified atom stereocenters. The molecule has 0 saturated heterocycles. The highest BCUT2D eigenvalue weighted by molar-refractivity contribution is 14.1. The molecule has 1 aliphatic rings. The van der Waals surface area contributed by atoms with Gasteiger partial charge in [0.25, 0.3) is 0 Å². The van der Waals surface area contributed by atoms with Gasteiger partial charge >= 0.3 is 0 Å². The van der Waals surface area contributed by atoms with Gasteiger partial charge < -0.3 is 9.64 Å². The Morgan fingerprint density at radius 2 is 2.35 bits per heavy atom. The van der Waals surface area contributed by atoms with E-state index in [1.54, 1.807) is 24.1 Å². The second kappa shape index (κ2) is 6.63. The van der Waals surface area contributed by atoms with Gasteiger partial charge in [-0.1, -0.05) is 52.9 Å². The summed E-state index contributed by atoms with van der Waals surface area (Å²) in [4.78, 5) is 13.7. The molecule has 0 aliphatic carbocycles. The number of benzene rings is 1. The van der Waals surface area contributed by atoms with Gasteiger partial charge in [-0.2, -0.15) is 0 Å². The Kier molecular flexibility index (Phi) is 5.10. The molecule has 1 aliphatic heterocycles. The van der Waals surface area contributed by atoms with Gasteiger partial charge in [0.05, 0.1) is 8.95 Å². The first-order chi connectivity index (χ1) is 9.54. The monoisotopic (exact) mass is 403 g/mol. The van der Waals surface area contributed by atoms with Crippen LogP contribution in [-0.2, 0) is 4.79 Å². The van der Waals surface area contributed by atoms with Crippen molar-refractivity contribution in [2.24, 2.45) is 0 Å².